The van der Waals surface area contributed by atoms with Crippen LogP contribution in [-0.4, -0.2) is 23.9 Å². The monoisotopic (exact) mass is 337 g/mol. The molecule has 25 heavy (non-hydrogen) atoms. The van der Waals surface area contributed by atoms with E-state index in [0.717, 1.165) is 18.8 Å². The zero-order chi connectivity index (χ0) is 17.6. The standard InChI is InChI=1S/C19H19N3O3/c23-19(11-6-15-4-3-5-18(14-15)22(24)25)20-16-7-9-17(10-8-16)21-12-1-2-13-21/h3-11,14H,1-2,12-13H2,(H,20,23). The first kappa shape index (κ1) is 16.7. The second kappa shape index (κ2) is 7.61. The summed E-state index contributed by atoms with van der Waals surface area (Å²) in [6.45, 7) is 2.16. The molecule has 1 aliphatic rings. The number of amides is 1. The Morgan fingerprint density at radius 1 is 1.12 bits per heavy atom. The molecule has 1 amide bonds. The highest BCUT2D eigenvalue weighted by atomic mass is 16.6. The second-order valence-corrected chi connectivity index (χ2v) is 5.92. The van der Waals surface area contributed by atoms with E-state index in [1.165, 1.54) is 36.7 Å². The maximum absolute atomic E-state index is 12.0. The van der Waals surface area contributed by atoms with Crippen molar-refractivity contribution < 1.29 is 9.72 Å². The van der Waals surface area contributed by atoms with Gasteiger partial charge in [0.25, 0.3) is 5.69 Å². The molecule has 3 rings (SSSR count). The number of carbonyl (C=O) groups is 1. The number of nitrogens with one attached hydrogen (secondary N) is 1. The molecular formula is C19H19N3O3. The van der Waals surface area contributed by atoms with Crippen molar-refractivity contribution in [3.63, 3.8) is 0 Å². The first-order chi connectivity index (χ1) is 12.1. The average Bonchev–Trinajstić information content (AvgIpc) is 3.15. The van der Waals surface area contributed by atoms with Crippen LogP contribution < -0.4 is 10.2 Å². The minimum Gasteiger partial charge on any atom is -0.372 e. The van der Waals surface area contributed by atoms with Crippen LogP contribution in [-0.2, 0) is 4.79 Å². The fourth-order valence-electron chi connectivity index (χ4n) is 2.83. The van der Waals surface area contributed by atoms with Crippen LogP contribution in [0, 0.1) is 10.1 Å². The van der Waals surface area contributed by atoms with Gasteiger partial charge >= 0.3 is 0 Å². The molecular weight excluding hydrogens is 318 g/mol. The third-order valence-electron chi connectivity index (χ3n) is 4.11. The third kappa shape index (κ3) is 4.44. The van der Waals surface area contributed by atoms with Crippen LogP contribution >= 0.6 is 0 Å². The number of hydrogen-bond acceptors (Lipinski definition) is 4. The summed E-state index contributed by atoms with van der Waals surface area (Å²) in [5, 5.41) is 13.5. The van der Waals surface area contributed by atoms with Gasteiger partial charge in [-0.1, -0.05) is 12.1 Å². The summed E-state index contributed by atoms with van der Waals surface area (Å²) in [5.74, 6) is -0.277. The lowest BCUT2D eigenvalue weighted by atomic mass is 10.2. The topological polar surface area (TPSA) is 75.5 Å². The Bertz CT molecular complexity index is 794. The lowest BCUT2D eigenvalue weighted by molar-refractivity contribution is -0.384. The number of rotatable bonds is 5. The quantitative estimate of drug-likeness (QED) is 0.511. The van der Waals surface area contributed by atoms with E-state index in [0.29, 0.717) is 5.56 Å². The molecule has 128 valence electrons. The smallest absolute Gasteiger partial charge is 0.270 e. The predicted octanol–water partition coefficient (Wildman–Crippen LogP) is 3.85. The Kier molecular flexibility index (Phi) is 5.09. The number of carbonyl (C=O) groups excluding carboxylic acids is 1. The van der Waals surface area contributed by atoms with Crippen molar-refractivity contribution >= 4 is 29.0 Å². The van der Waals surface area contributed by atoms with E-state index in [1.54, 1.807) is 18.2 Å². The summed E-state index contributed by atoms with van der Waals surface area (Å²) < 4.78 is 0. The minimum atomic E-state index is -0.459. The van der Waals surface area contributed by atoms with E-state index < -0.39 is 4.92 Å². The highest BCUT2D eigenvalue weighted by molar-refractivity contribution is 6.02. The van der Waals surface area contributed by atoms with Gasteiger partial charge in [-0.3, -0.25) is 14.9 Å². The van der Waals surface area contributed by atoms with Gasteiger partial charge in [0.05, 0.1) is 4.92 Å². The SMILES string of the molecule is O=C(C=Cc1cccc([N+](=O)[O-])c1)Nc1ccc(N2CCCC2)cc1. The Balaban J connectivity index is 1.60. The average molecular weight is 337 g/mol. The van der Waals surface area contributed by atoms with Crippen molar-refractivity contribution in [3.8, 4) is 0 Å². The molecule has 1 aliphatic heterocycles. The van der Waals surface area contributed by atoms with Gasteiger partial charge in [0, 0.05) is 42.7 Å². The van der Waals surface area contributed by atoms with Gasteiger partial charge in [-0.05, 0) is 48.7 Å². The fourth-order valence-corrected chi connectivity index (χ4v) is 2.83. The van der Waals surface area contributed by atoms with Crippen LogP contribution in [0.4, 0.5) is 17.1 Å². The summed E-state index contributed by atoms with van der Waals surface area (Å²) >= 11 is 0. The van der Waals surface area contributed by atoms with E-state index >= 15 is 0 Å². The summed E-state index contributed by atoms with van der Waals surface area (Å²) in [6.07, 6.45) is 5.37. The second-order valence-electron chi connectivity index (χ2n) is 5.92. The van der Waals surface area contributed by atoms with Crippen LogP contribution in [0.5, 0.6) is 0 Å². The van der Waals surface area contributed by atoms with Crippen molar-refractivity contribution in [1.29, 1.82) is 0 Å². The Labute approximate surface area is 145 Å². The number of non-ortho nitro benzene ring substituents is 1. The molecule has 0 aliphatic carbocycles. The Morgan fingerprint density at radius 3 is 2.52 bits per heavy atom. The molecule has 1 saturated heterocycles. The number of benzene rings is 2. The van der Waals surface area contributed by atoms with E-state index in [-0.39, 0.29) is 11.6 Å². The molecule has 0 atom stereocenters. The van der Waals surface area contributed by atoms with E-state index in [4.69, 9.17) is 0 Å². The third-order valence-corrected chi connectivity index (χ3v) is 4.11. The Morgan fingerprint density at radius 2 is 1.84 bits per heavy atom. The molecule has 0 aromatic heterocycles. The fraction of sp³-hybridized carbons (Fsp3) is 0.211. The minimum absolute atomic E-state index is 0.0000552. The molecule has 6 nitrogen and oxygen atoms in total. The molecule has 0 radical (unpaired) electrons. The highest BCUT2D eigenvalue weighted by Crippen LogP contribution is 2.22. The number of nitro benzene ring substituents is 1. The highest BCUT2D eigenvalue weighted by Gasteiger charge is 2.11. The molecule has 0 bridgehead atoms. The van der Waals surface area contributed by atoms with Gasteiger partial charge in [-0.25, -0.2) is 0 Å². The van der Waals surface area contributed by atoms with Gasteiger partial charge in [-0.2, -0.15) is 0 Å². The van der Waals surface area contributed by atoms with Gasteiger partial charge in [0.1, 0.15) is 0 Å². The summed E-state index contributed by atoms with van der Waals surface area (Å²) in [7, 11) is 0. The van der Waals surface area contributed by atoms with Crippen molar-refractivity contribution in [2.45, 2.75) is 12.8 Å². The number of hydrogen-bond donors (Lipinski definition) is 1. The normalized spacial score (nSPS) is 14.0. The van der Waals surface area contributed by atoms with E-state index in [2.05, 4.69) is 10.2 Å². The first-order valence-corrected chi connectivity index (χ1v) is 8.20. The van der Waals surface area contributed by atoms with Crippen LogP contribution in [0.1, 0.15) is 18.4 Å². The molecule has 2 aromatic rings. The van der Waals surface area contributed by atoms with E-state index in [9.17, 15) is 14.9 Å². The van der Waals surface area contributed by atoms with Crippen molar-refractivity contribution in [2.75, 3.05) is 23.3 Å². The van der Waals surface area contributed by atoms with Gasteiger partial charge < -0.3 is 10.2 Å². The van der Waals surface area contributed by atoms with Crippen LogP contribution in [0.3, 0.4) is 0 Å². The maximum Gasteiger partial charge on any atom is 0.270 e. The van der Waals surface area contributed by atoms with Crippen molar-refractivity contribution in [1.82, 2.24) is 0 Å². The Hall–Kier alpha value is -3.15. The summed E-state index contributed by atoms with van der Waals surface area (Å²) in [6, 6.07) is 13.9. The maximum atomic E-state index is 12.0. The molecule has 0 saturated carbocycles. The van der Waals surface area contributed by atoms with Gasteiger partial charge in [0.15, 0.2) is 0 Å². The first-order valence-electron chi connectivity index (χ1n) is 8.20. The molecule has 2 aromatic carbocycles. The van der Waals surface area contributed by atoms with Crippen LogP contribution in [0.2, 0.25) is 0 Å². The van der Waals surface area contributed by atoms with Crippen molar-refractivity contribution in [2.24, 2.45) is 0 Å². The number of nitrogens with zero attached hydrogens (tertiary/aromatic N) is 2. The largest absolute Gasteiger partial charge is 0.372 e. The number of nitro groups is 1. The van der Waals surface area contributed by atoms with Crippen LogP contribution in [0.15, 0.2) is 54.6 Å². The predicted molar refractivity (Wildman–Crippen MR) is 98.6 cm³/mol. The van der Waals surface area contributed by atoms with Gasteiger partial charge in [-0.15, -0.1) is 0 Å². The number of anilines is 2. The molecule has 0 spiro atoms. The zero-order valence-corrected chi connectivity index (χ0v) is 13.7. The molecule has 6 heteroatoms. The molecule has 1 fully saturated rings. The lowest BCUT2D eigenvalue weighted by Crippen LogP contribution is -2.17. The lowest BCUT2D eigenvalue weighted by Gasteiger charge is -2.17. The van der Waals surface area contributed by atoms with E-state index in [1.807, 2.05) is 24.3 Å². The van der Waals surface area contributed by atoms with Gasteiger partial charge in [0.2, 0.25) is 5.91 Å². The molecule has 1 N–H and O–H groups in total. The molecule has 1 heterocycles. The summed E-state index contributed by atoms with van der Waals surface area (Å²) in [5.41, 5.74) is 2.49. The zero-order valence-electron chi connectivity index (χ0n) is 13.7. The van der Waals surface area contributed by atoms with Crippen molar-refractivity contribution in [3.05, 3.63) is 70.3 Å². The molecule has 0 unspecified atom stereocenters. The van der Waals surface area contributed by atoms with Crippen LogP contribution in [0.25, 0.3) is 6.08 Å². The summed E-state index contributed by atoms with van der Waals surface area (Å²) in [4.78, 5) is 24.6.